The first-order valence-electron chi connectivity index (χ1n) is 17.3. The quantitative estimate of drug-likeness (QED) is 0.304. The Kier molecular flexibility index (Phi) is 8.46. The fourth-order valence-corrected chi connectivity index (χ4v) is 7.88. The van der Waals surface area contributed by atoms with Crippen molar-refractivity contribution < 1.29 is 19.0 Å². The molecule has 3 aliphatic heterocycles. The molecule has 11 nitrogen and oxygen atoms in total. The minimum Gasteiger partial charge on any atom is -0.392 e. The minimum atomic E-state index is -0.534. The predicted octanol–water partition coefficient (Wildman–Crippen LogP) is 4.07. The van der Waals surface area contributed by atoms with Gasteiger partial charge < -0.3 is 34.1 Å². The van der Waals surface area contributed by atoms with Crippen molar-refractivity contribution >= 4 is 28.8 Å². The summed E-state index contributed by atoms with van der Waals surface area (Å²) in [5.41, 5.74) is 5.79. The molecule has 0 radical (unpaired) electrons. The minimum absolute atomic E-state index is 0.199. The number of amides is 1. The highest BCUT2D eigenvalue weighted by Crippen LogP contribution is 2.37. The predicted molar refractivity (Wildman–Crippen MR) is 186 cm³/mol. The van der Waals surface area contributed by atoms with E-state index in [0.29, 0.717) is 53.0 Å². The zero-order valence-corrected chi connectivity index (χ0v) is 27.8. The molecular weight excluding hydrogens is 625 g/mol. The molecule has 0 spiro atoms. The van der Waals surface area contributed by atoms with E-state index in [0.717, 1.165) is 77.2 Å². The third kappa shape index (κ3) is 5.91. The Labute approximate surface area is 284 Å². The van der Waals surface area contributed by atoms with E-state index in [1.54, 1.807) is 24.2 Å². The lowest BCUT2D eigenvalue weighted by atomic mass is 9.97. The van der Waals surface area contributed by atoms with E-state index in [1.165, 1.54) is 28.0 Å². The first-order valence-corrected chi connectivity index (χ1v) is 17.3. The number of nitrogens with zero attached hydrogens (tertiary/aromatic N) is 6. The van der Waals surface area contributed by atoms with Gasteiger partial charge in [0.1, 0.15) is 23.0 Å². The Morgan fingerprint density at radius 2 is 1.84 bits per heavy atom. The fourth-order valence-electron chi connectivity index (χ4n) is 7.88. The van der Waals surface area contributed by atoms with Crippen LogP contribution in [0.4, 0.5) is 27.3 Å². The van der Waals surface area contributed by atoms with Crippen LogP contribution in [0, 0.1) is 5.82 Å². The maximum absolute atomic E-state index is 15.4. The summed E-state index contributed by atoms with van der Waals surface area (Å²) in [6, 6.07) is 10.7. The van der Waals surface area contributed by atoms with Gasteiger partial charge in [-0.1, -0.05) is 0 Å². The second-order valence-corrected chi connectivity index (χ2v) is 13.6. The molecule has 4 aromatic rings. The summed E-state index contributed by atoms with van der Waals surface area (Å²) in [5.74, 6) is -0.226. The summed E-state index contributed by atoms with van der Waals surface area (Å²) < 4.78 is 24.3. The maximum atomic E-state index is 15.4. The summed E-state index contributed by atoms with van der Waals surface area (Å²) in [4.78, 5) is 38.2. The zero-order chi connectivity index (χ0) is 33.6. The number of pyridine rings is 2. The highest BCUT2D eigenvalue weighted by Gasteiger charge is 2.32. The van der Waals surface area contributed by atoms with E-state index < -0.39 is 12.4 Å². The van der Waals surface area contributed by atoms with Gasteiger partial charge >= 0.3 is 0 Å². The normalized spacial score (nSPS) is 18.6. The first kappa shape index (κ1) is 31.7. The van der Waals surface area contributed by atoms with Crippen LogP contribution >= 0.6 is 0 Å². The van der Waals surface area contributed by atoms with E-state index in [2.05, 4.69) is 24.7 Å². The van der Waals surface area contributed by atoms with Crippen molar-refractivity contribution in [2.45, 2.75) is 51.3 Å². The summed E-state index contributed by atoms with van der Waals surface area (Å²) in [5, 5.41) is 13.8. The van der Waals surface area contributed by atoms with Crippen molar-refractivity contribution in [1.29, 1.82) is 0 Å². The monoisotopic (exact) mass is 667 g/mol. The molecule has 0 atom stereocenters. The van der Waals surface area contributed by atoms with Crippen LogP contribution in [-0.2, 0) is 37.8 Å². The maximum Gasteiger partial charge on any atom is 0.274 e. The van der Waals surface area contributed by atoms with Gasteiger partial charge in [-0.3, -0.25) is 14.5 Å². The molecule has 1 aromatic carbocycles. The molecule has 0 bridgehead atoms. The number of aromatic nitrogens is 3. The van der Waals surface area contributed by atoms with Crippen LogP contribution < -0.4 is 20.7 Å². The molecule has 256 valence electrons. The van der Waals surface area contributed by atoms with Gasteiger partial charge in [0, 0.05) is 69.3 Å². The van der Waals surface area contributed by atoms with Gasteiger partial charge in [0.2, 0.25) is 0 Å². The average molecular weight is 668 g/mol. The lowest BCUT2D eigenvalue weighted by Gasteiger charge is -2.36. The van der Waals surface area contributed by atoms with Crippen LogP contribution in [0.25, 0.3) is 11.1 Å². The molecule has 1 aliphatic carbocycles. The molecule has 1 amide bonds. The number of halogens is 1. The average Bonchev–Trinajstić information content (AvgIpc) is 3.31. The van der Waals surface area contributed by atoms with E-state index >= 15 is 4.39 Å². The number of fused-ring (bicyclic) bond motifs is 3. The van der Waals surface area contributed by atoms with Crippen molar-refractivity contribution in [2.75, 3.05) is 61.1 Å². The number of carbonyl (C=O) groups excluding carboxylic acids is 1. The highest BCUT2D eigenvalue weighted by atomic mass is 19.1. The molecule has 2 N–H and O–H groups in total. The molecule has 0 unspecified atom stereocenters. The standard InChI is InChI=1S/C37H42FN7O4/c1-41-20-25(15-31(36(41)47)40-35-8-7-27(19-39-35)42-9-4-10-43(12-11-42)28-22-49-23-28)29-17-26(38)18-33(30(29)21-46)45-14-13-44-32-6-3-2-5-24(32)16-34(44)37(45)48/h7-8,15-20,28,46H,2-6,9-14,21-23H2,1H3,(H,39,40). The number of ether oxygens (including phenoxy) is 1. The smallest absolute Gasteiger partial charge is 0.274 e. The number of carbonyl (C=O) groups is 1. The Balaban J connectivity index is 1.05. The van der Waals surface area contributed by atoms with Crippen LogP contribution in [0.5, 0.6) is 0 Å². The molecule has 3 aromatic heterocycles. The van der Waals surface area contributed by atoms with Crippen molar-refractivity contribution in [3.63, 3.8) is 0 Å². The summed E-state index contributed by atoms with van der Waals surface area (Å²) >= 11 is 0. The number of rotatable bonds is 7. The molecule has 4 aliphatic rings. The number of hydrogen-bond donors (Lipinski definition) is 2. The van der Waals surface area contributed by atoms with Crippen LogP contribution in [-0.4, -0.2) is 82.0 Å². The second-order valence-electron chi connectivity index (χ2n) is 13.6. The molecule has 8 rings (SSSR count). The molecule has 2 fully saturated rings. The fraction of sp³-hybridized carbons (Fsp3) is 0.432. The van der Waals surface area contributed by atoms with E-state index in [9.17, 15) is 14.7 Å². The Hall–Kier alpha value is -4.52. The number of aryl methyl sites for hydroxylation is 2. The Bertz CT molecular complexity index is 1950. The third-order valence-corrected chi connectivity index (χ3v) is 10.6. The van der Waals surface area contributed by atoms with Gasteiger partial charge in [0.25, 0.3) is 11.5 Å². The number of nitrogens with one attached hydrogen (secondary N) is 1. The van der Waals surface area contributed by atoms with Gasteiger partial charge in [0.15, 0.2) is 0 Å². The summed E-state index contributed by atoms with van der Waals surface area (Å²) in [6.07, 6.45) is 8.67. The largest absolute Gasteiger partial charge is 0.392 e. The number of anilines is 4. The van der Waals surface area contributed by atoms with Gasteiger partial charge in [0.05, 0.1) is 43.4 Å². The van der Waals surface area contributed by atoms with E-state index in [-0.39, 0.29) is 17.2 Å². The third-order valence-electron chi connectivity index (χ3n) is 10.6. The summed E-state index contributed by atoms with van der Waals surface area (Å²) in [7, 11) is 1.63. The molecule has 49 heavy (non-hydrogen) atoms. The molecule has 0 saturated carbocycles. The van der Waals surface area contributed by atoms with Crippen LogP contribution in [0.2, 0.25) is 0 Å². The topological polar surface area (TPSA) is 108 Å². The molecule has 2 saturated heterocycles. The van der Waals surface area contributed by atoms with Crippen LogP contribution in [0.3, 0.4) is 0 Å². The van der Waals surface area contributed by atoms with Gasteiger partial charge in [-0.05, 0) is 79.6 Å². The van der Waals surface area contributed by atoms with Crippen molar-refractivity contribution in [3.05, 3.63) is 87.5 Å². The lowest BCUT2D eigenvalue weighted by Crippen LogP contribution is -2.50. The number of aliphatic hydroxyl groups is 1. The first-order chi connectivity index (χ1) is 23.9. The number of aliphatic hydroxyl groups excluding tert-OH is 1. The molecule has 12 heteroatoms. The Morgan fingerprint density at radius 1 is 0.980 bits per heavy atom. The van der Waals surface area contributed by atoms with Gasteiger partial charge in [-0.25, -0.2) is 9.37 Å². The number of benzene rings is 1. The number of hydrogen-bond acceptors (Lipinski definition) is 8. The van der Waals surface area contributed by atoms with E-state index in [1.807, 2.05) is 24.4 Å². The second kappa shape index (κ2) is 13.1. The lowest BCUT2D eigenvalue weighted by molar-refractivity contribution is -0.0625. The van der Waals surface area contributed by atoms with Crippen molar-refractivity contribution in [3.8, 4) is 11.1 Å². The van der Waals surface area contributed by atoms with Crippen LogP contribution in [0.15, 0.2) is 53.6 Å². The molecule has 6 heterocycles. The Morgan fingerprint density at radius 3 is 2.61 bits per heavy atom. The zero-order valence-electron chi connectivity index (χ0n) is 27.8. The summed E-state index contributed by atoms with van der Waals surface area (Å²) in [6.45, 7) is 6.11. The van der Waals surface area contributed by atoms with Crippen LogP contribution in [0.1, 0.15) is 46.6 Å². The van der Waals surface area contributed by atoms with Gasteiger partial charge in [-0.2, -0.15) is 0 Å². The SMILES string of the molecule is Cn1cc(-c2cc(F)cc(N3CCn4c(cc5c4CCCC5)C3=O)c2CO)cc(Nc2ccc(N3CCCN(C4COC4)CC3)cn2)c1=O. The molecular formula is C37H42FN7O4. The van der Waals surface area contributed by atoms with Gasteiger partial charge in [-0.15, -0.1) is 0 Å². The van der Waals surface area contributed by atoms with Crippen molar-refractivity contribution in [2.24, 2.45) is 7.05 Å². The van der Waals surface area contributed by atoms with Crippen molar-refractivity contribution in [1.82, 2.24) is 19.0 Å². The van der Waals surface area contributed by atoms with E-state index in [4.69, 9.17) is 4.74 Å². The highest BCUT2D eigenvalue weighted by molar-refractivity contribution is 6.07.